The molecule has 0 amide bonds. The van der Waals surface area contributed by atoms with Crippen molar-refractivity contribution in [2.45, 2.75) is 26.7 Å². The molecule has 28 heavy (non-hydrogen) atoms. The highest BCUT2D eigenvalue weighted by Gasteiger charge is 2.19. The predicted molar refractivity (Wildman–Crippen MR) is 107 cm³/mol. The fraction of sp³-hybridized carbons (Fsp3) is 0.217. The van der Waals surface area contributed by atoms with E-state index in [1.807, 2.05) is 43.3 Å². The van der Waals surface area contributed by atoms with E-state index in [1.165, 1.54) is 0 Å². The number of ether oxygens (including phenoxy) is 1. The second-order valence-electron chi connectivity index (χ2n) is 6.81. The van der Waals surface area contributed by atoms with Crippen LogP contribution in [-0.4, -0.2) is 17.9 Å². The maximum atomic E-state index is 11.5. The summed E-state index contributed by atoms with van der Waals surface area (Å²) in [5, 5.41) is 0.959. The number of fused-ring (bicyclic) bond motifs is 1. The summed E-state index contributed by atoms with van der Waals surface area (Å²) in [4.78, 5) is 15.7. The van der Waals surface area contributed by atoms with Crippen LogP contribution in [0.5, 0.6) is 5.88 Å². The maximum Gasteiger partial charge on any atom is 0.213 e. The molecule has 3 aromatic heterocycles. The summed E-state index contributed by atoms with van der Waals surface area (Å²) in [7, 11) is 1.60. The topological polar surface area (TPSA) is 65.5 Å². The van der Waals surface area contributed by atoms with E-state index in [9.17, 15) is 4.79 Å². The first-order chi connectivity index (χ1) is 13.5. The summed E-state index contributed by atoms with van der Waals surface area (Å²) in [6, 6.07) is 13.8. The first-order valence-corrected chi connectivity index (χ1v) is 9.17. The van der Waals surface area contributed by atoms with Crippen LogP contribution in [0.3, 0.4) is 0 Å². The number of methoxy groups -OCH3 is 1. The van der Waals surface area contributed by atoms with Crippen molar-refractivity contribution >= 4 is 16.8 Å². The van der Waals surface area contributed by atoms with Gasteiger partial charge in [-0.1, -0.05) is 6.07 Å². The van der Waals surface area contributed by atoms with Gasteiger partial charge < -0.3 is 18.4 Å². The first-order valence-electron chi connectivity index (χ1n) is 9.17. The molecule has 0 atom stereocenters. The number of furan rings is 2. The predicted octanol–water partition coefficient (Wildman–Crippen LogP) is 5.59. The summed E-state index contributed by atoms with van der Waals surface area (Å²) in [6.07, 6.45) is 2.70. The van der Waals surface area contributed by atoms with Gasteiger partial charge in [-0.3, -0.25) is 0 Å². The molecule has 0 N–H and O–H groups in total. The molecule has 0 saturated carbocycles. The Hall–Kier alpha value is -3.34. The van der Waals surface area contributed by atoms with Crippen LogP contribution in [0.4, 0.5) is 0 Å². The number of aromatic nitrogens is 1. The second-order valence-corrected chi connectivity index (χ2v) is 6.81. The second kappa shape index (κ2) is 7.35. The molecule has 0 saturated heterocycles. The Morgan fingerprint density at radius 1 is 1.07 bits per heavy atom. The third-order valence-electron chi connectivity index (χ3n) is 4.73. The number of pyridine rings is 1. The number of ketones is 1. The van der Waals surface area contributed by atoms with Crippen LogP contribution >= 0.6 is 0 Å². The maximum absolute atomic E-state index is 11.5. The van der Waals surface area contributed by atoms with Gasteiger partial charge in [-0.25, -0.2) is 4.98 Å². The Balaban J connectivity index is 1.88. The molecule has 4 aromatic rings. The average Bonchev–Trinajstić information content (AvgIpc) is 3.28. The van der Waals surface area contributed by atoms with Crippen molar-refractivity contribution in [2.75, 3.05) is 7.11 Å². The van der Waals surface area contributed by atoms with Gasteiger partial charge in [0.2, 0.25) is 5.88 Å². The minimum Gasteiger partial charge on any atom is -0.481 e. The largest absolute Gasteiger partial charge is 0.481 e. The fourth-order valence-electron chi connectivity index (χ4n) is 3.33. The van der Waals surface area contributed by atoms with Crippen molar-refractivity contribution in [3.8, 4) is 28.3 Å². The molecule has 5 nitrogen and oxygen atoms in total. The van der Waals surface area contributed by atoms with E-state index in [0.29, 0.717) is 18.7 Å². The van der Waals surface area contributed by atoms with E-state index in [4.69, 9.17) is 13.6 Å². The molecule has 5 heteroatoms. The van der Waals surface area contributed by atoms with Crippen LogP contribution < -0.4 is 4.74 Å². The molecule has 4 rings (SSSR count). The van der Waals surface area contributed by atoms with Gasteiger partial charge in [0.25, 0.3) is 0 Å². The molecule has 0 bridgehead atoms. The Morgan fingerprint density at radius 2 is 1.89 bits per heavy atom. The lowest BCUT2D eigenvalue weighted by molar-refractivity contribution is -0.117. The Labute approximate surface area is 163 Å². The SMILES string of the molecule is COc1cc(-c2ccc3oc(CCC(C)=O)c(-c4ccc(C)o4)c3c2)ccn1. The molecule has 0 unspecified atom stereocenters. The number of hydrogen-bond donors (Lipinski definition) is 0. The van der Waals surface area contributed by atoms with Crippen molar-refractivity contribution in [1.29, 1.82) is 0 Å². The van der Waals surface area contributed by atoms with Crippen LogP contribution in [0, 0.1) is 6.92 Å². The van der Waals surface area contributed by atoms with Gasteiger partial charge >= 0.3 is 0 Å². The van der Waals surface area contributed by atoms with E-state index < -0.39 is 0 Å². The van der Waals surface area contributed by atoms with Crippen molar-refractivity contribution in [3.05, 3.63) is 60.2 Å². The van der Waals surface area contributed by atoms with Gasteiger partial charge in [0.15, 0.2) is 0 Å². The van der Waals surface area contributed by atoms with E-state index >= 15 is 0 Å². The highest BCUT2D eigenvalue weighted by Crippen LogP contribution is 2.38. The summed E-state index contributed by atoms with van der Waals surface area (Å²) in [6.45, 7) is 3.50. The van der Waals surface area contributed by atoms with Gasteiger partial charge in [-0.15, -0.1) is 0 Å². The van der Waals surface area contributed by atoms with Crippen LogP contribution in [-0.2, 0) is 11.2 Å². The smallest absolute Gasteiger partial charge is 0.213 e. The number of carbonyl (C=O) groups is 1. The van der Waals surface area contributed by atoms with E-state index in [0.717, 1.165) is 44.9 Å². The first kappa shape index (κ1) is 18.0. The molecule has 3 heterocycles. The number of benzene rings is 1. The van der Waals surface area contributed by atoms with Crippen molar-refractivity contribution in [3.63, 3.8) is 0 Å². The number of aryl methyl sites for hydroxylation is 2. The molecule has 0 aliphatic rings. The van der Waals surface area contributed by atoms with E-state index in [1.54, 1.807) is 20.2 Å². The third kappa shape index (κ3) is 3.43. The van der Waals surface area contributed by atoms with Gasteiger partial charge in [0.1, 0.15) is 28.6 Å². The van der Waals surface area contributed by atoms with Gasteiger partial charge in [-0.2, -0.15) is 0 Å². The summed E-state index contributed by atoms with van der Waals surface area (Å²) >= 11 is 0. The zero-order chi connectivity index (χ0) is 19.7. The van der Waals surface area contributed by atoms with Crippen LogP contribution in [0.25, 0.3) is 33.4 Å². The minimum atomic E-state index is 0.131. The van der Waals surface area contributed by atoms with E-state index in [2.05, 4.69) is 11.1 Å². The van der Waals surface area contributed by atoms with Crippen molar-refractivity contribution < 1.29 is 18.4 Å². The van der Waals surface area contributed by atoms with Gasteiger partial charge in [0, 0.05) is 30.5 Å². The monoisotopic (exact) mass is 375 g/mol. The molecule has 0 spiro atoms. The quantitative estimate of drug-likeness (QED) is 0.439. The lowest BCUT2D eigenvalue weighted by Gasteiger charge is -2.04. The molecular formula is C23H21NO4. The lowest BCUT2D eigenvalue weighted by Crippen LogP contribution is -1.94. The third-order valence-corrected chi connectivity index (χ3v) is 4.73. The van der Waals surface area contributed by atoms with Crippen LogP contribution in [0.1, 0.15) is 24.9 Å². The average molecular weight is 375 g/mol. The zero-order valence-corrected chi connectivity index (χ0v) is 16.1. The molecule has 0 aliphatic heterocycles. The minimum absolute atomic E-state index is 0.131. The zero-order valence-electron chi connectivity index (χ0n) is 16.1. The van der Waals surface area contributed by atoms with Gasteiger partial charge in [0.05, 0.1) is 12.7 Å². The van der Waals surface area contributed by atoms with Crippen molar-refractivity contribution in [2.24, 2.45) is 0 Å². The lowest BCUT2D eigenvalue weighted by atomic mass is 10.0. The molecule has 0 radical (unpaired) electrons. The Kier molecular flexibility index (Phi) is 4.74. The highest BCUT2D eigenvalue weighted by atomic mass is 16.5. The highest BCUT2D eigenvalue weighted by molar-refractivity contribution is 5.97. The molecule has 0 fully saturated rings. The number of Topliss-reactive ketones (excluding diaryl/α,β-unsaturated/α-hetero) is 1. The molecule has 0 aliphatic carbocycles. The van der Waals surface area contributed by atoms with E-state index in [-0.39, 0.29) is 5.78 Å². The van der Waals surface area contributed by atoms with Gasteiger partial charge in [-0.05, 0) is 55.3 Å². The number of nitrogens with zero attached hydrogens (tertiary/aromatic N) is 1. The molecule has 142 valence electrons. The summed E-state index contributed by atoms with van der Waals surface area (Å²) in [5.41, 5.74) is 3.71. The Morgan fingerprint density at radius 3 is 2.61 bits per heavy atom. The molecule has 1 aromatic carbocycles. The fourth-order valence-corrected chi connectivity index (χ4v) is 3.33. The van der Waals surface area contributed by atoms with Crippen LogP contribution in [0.2, 0.25) is 0 Å². The number of hydrogen-bond acceptors (Lipinski definition) is 5. The van der Waals surface area contributed by atoms with Crippen molar-refractivity contribution in [1.82, 2.24) is 4.98 Å². The number of rotatable bonds is 6. The summed E-state index contributed by atoms with van der Waals surface area (Å²) < 4.78 is 17.2. The summed E-state index contributed by atoms with van der Waals surface area (Å²) in [5.74, 6) is 3.04. The molecular weight excluding hydrogens is 354 g/mol. The number of carbonyl (C=O) groups excluding carboxylic acids is 1. The standard InChI is InChI=1S/C23H21NO4/c1-14(25)4-7-21-23(20-8-5-15(2)27-20)18-12-16(6-9-19(18)28-21)17-10-11-24-22(13-17)26-3/h5-6,8-13H,4,7H2,1-3H3. The normalized spacial score (nSPS) is 11.1. The Bertz CT molecular complexity index is 1150. The van der Waals surface area contributed by atoms with Crippen LogP contribution in [0.15, 0.2) is 57.5 Å².